The Hall–Kier alpha value is -3.66. The highest BCUT2D eigenvalue weighted by Crippen LogP contribution is 2.40. The lowest BCUT2D eigenvalue weighted by Crippen LogP contribution is -2.23. The molecule has 0 bridgehead atoms. The Morgan fingerprint density at radius 3 is 2.33 bits per heavy atom. The summed E-state index contributed by atoms with van der Waals surface area (Å²) < 4.78 is 11.7. The summed E-state index contributed by atoms with van der Waals surface area (Å²) in [4.78, 5) is 25.5. The van der Waals surface area contributed by atoms with E-state index in [2.05, 4.69) is 12.1 Å². The number of rotatable bonds is 4. The smallest absolute Gasteiger partial charge is 0.314 e. The summed E-state index contributed by atoms with van der Waals surface area (Å²) in [6.07, 6.45) is 6.84. The third-order valence-electron chi connectivity index (χ3n) is 6.50. The number of Topliss-reactive ketones (excluding diaryl/α,β-unsaturated/α-hetero) is 1. The summed E-state index contributed by atoms with van der Waals surface area (Å²) in [5, 5.41) is 0. The van der Waals surface area contributed by atoms with E-state index in [1.165, 1.54) is 6.42 Å². The third kappa shape index (κ3) is 4.34. The zero-order valence-corrected chi connectivity index (χ0v) is 18.7. The van der Waals surface area contributed by atoms with Gasteiger partial charge in [0.1, 0.15) is 11.5 Å². The second kappa shape index (κ2) is 9.07. The second-order valence-corrected chi connectivity index (χ2v) is 8.75. The normalized spacial score (nSPS) is 17.0. The monoisotopic (exact) mass is 438 g/mol. The minimum atomic E-state index is -0.184. The van der Waals surface area contributed by atoms with Crippen molar-refractivity contribution in [1.82, 2.24) is 0 Å². The number of allylic oxidation sites excluding steroid dienone is 1. The molecule has 1 saturated carbocycles. The Labute approximate surface area is 193 Å². The van der Waals surface area contributed by atoms with Crippen LogP contribution >= 0.6 is 0 Å². The van der Waals surface area contributed by atoms with Gasteiger partial charge in [0.15, 0.2) is 5.76 Å². The SMILES string of the molecule is Cc1c(OC(=O)C2CCCCC2)ccc2c1O/C(=C\c1ccc(-c3ccccc3)cc1)C2=O. The molecule has 0 saturated heterocycles. The van der Waals surface area contributed by atoms with E-state index in [0.717, 1.165) is 42.4 Å². The van der Waals surface area contributed by atoms with Gasteiger partial charge in [-0.2, -0.15) is 0 Å². The van der Waals surface area contributed by atoms with Gasteiger partial charge in [-0.15, -0.1) is 0 Å². The molecule has 2 aliphatic rings. The molecule has 166 valence electrons. The van der Waals surface area contributed by atoms with Gasteiger partial charge in [0.05, 0.1) is 11.5 Å². The van der Waals surface area contributed by atoms with E-state index in [4.69, 9.17) is 9.47 Å². The van der Waals surface area contributed by atoms with Crippen LogP contribution in [0.25, 0.3) is 17.2 Å². The summed E-state index contributed by atoms with van der Waals surface area (Å²) in [7, 11) is 0. The molecule has 33 heavy (non-hydrogen) atoms. The van der Waals surface area contributed by atoms with Crippen molar-refractivity contribution in [3.63, 3.8) is 0 Å². The van der Waals surface area contributed by atoms with Gasteiger partial charge < -0.3 is 9.47 Å². The average Bonchev–Trinajstić information content (AvgIpc) is 3.18. The van der Waals surface area contributed by atoms with Gasteiger partial charge in [-0.25, -0.2) is 0 Å². The van der Waals surface area contributed by atoms with Crippen LogP contribution in [-0.2, 0) is 4.79 Å². The summed E-state index contributed by atoms with van der Waals surface area (Å²) >= 11 is 0. The Balaban J connectivity index is 1.34. The van der Waals surface area contributed by atoms with Crippen LogP contribution in [0.2, 0.25) is 0 Å². The predicted molar refractivity (Wildman–Crippen MR) is 128 cm³/mol. The first-order valence-electron chi connectivity index (χ1n) is 11.6. The summed E-state index contributed by atoms with van der Waals surface area (Å²) in [5.41, 5.74) is 4.31. The molecule has 0 radical (unpaired) electrons. The molecule has 3 aromatic rings. The molecule has 1 fully saturated rings. The van der Waals surface area contributed by atoms with Gasteiger partial charge in [-0.1, -0.05) is 73.9 Å². The largest absolute Gasteiger partial charge is 0.452 e. The first kappa shape index (κ1) is 21.2. The quantitative estimate of drug-likeness (QED) is 0.256. The van der Waals surface area contributed by atoms with Crippen molar-refractivity contribution in [1.29, 1.82) is 0 Å². The van der Waals surface area contributed by atoms with Gasteiger partial charge in [0, 0.05) is 5.56 Å². The highest BCUT2D eigenvalue weighted by atomic mass is 16.5. The summed E-state index contributed by atoms with van der Waals surface area (Å²) in [6.45, 7) is 1.83. The molecule has 4 nitrogen and oxygen atoms in total. The van der Waals surface area contributed by atoms with E-state index in [1.54, 1.807) is 18.2 Å². The Bertz CT molecular complexity index is 1220. The average molecular weight is 439 g/mol. The van der Waals surface area contributed by atoms with Gasteiger partial charge in [-0.05, 0) is 54.7 Å². The van der Waals surface area contributed by atoms with Crippen LogP contribution in [0.3, 0.4) is 0 Å². The molecular formula is C29H26O4. The molecular weight excluding hydrogens is 412 g/mol. The second-order valence-electron chi connectivity index (χ2n) is 8.75. The van der Waals surface area contributed by atoms with E-state index in [-0.39, 0.29) is 23.4 Å². The van der Waals surface area contributed by atoms with Crippen LogP contribution < -0.4 is 9.47 Å². The maximum absolute atomic E-state index is 12.9. The van der Waals surface area contributed by atoms with Crippen molar-refractivity contribution in [3.8, 4) is 22.6 Å². The number of hydrogen-bond donors (Lipinski definition) is 0. The first-order chi connectivity index (χ1) is 16.1. The number of carbonyl (C=O) groups excluding carboxylic acids is 2. The lowest BCUT2D eigenvalue weighted by atomic mass is 9.89. The van der Waals surface area contributed by atoms with E-state index >= 15 is 0 Å². The number of ketones is 1. The minimum absolute atomic E-state index is 0.0386. The van der Waals surface area contributed by atoms with Crippen molar-refractivity contribution in [2.45, 2.75) is 39.0 Å². The highest BCUT2D eigenvalue weighted by molar-refractivity contribution is 6.15. The van der Waals surface area contributed by atoms with Crippen molar-refractivity contribution in [3.05, 3.63) is 89.2 Å². The van der Waals surface area contributed by atoms with Gasteiger partial charge in [0.25, 0.3) is 0 Å². The van der Waals surface area contributed by atoms with Gasteiger partial charge in [0.2, 0.25) is 5.78 Å². The minimum Gasteiger partial charge on any atom is -0.452 e. The lowest BCUT2D eigenvalue weighted by Gasteiger charge is -2.20. The molecule has 4 heteroatoms. The zero-order valence-electron chi connectivity index (χ0n) is 18.7. The maximum atomic E-state index is 12.9. The molecule has 0 N–H and O–H groups in total. The number of benzene rings is 3. The van der Waals surface area contributed by atoms with Crippen molar-refractivity contribution < 1.29 is 19.1 Å². The molecule has 0 spiro atoms. The molecule has 1 heterocycles. The fourth-order valence-corrected chi connectivity index (χ4v) is 4.56. The van der Waals surface area contributed by atoms with Crippen LogP contribution in [-0.4, -0.2) is 11.8 Å². The zero-order chi connectivity index (χ0) is 22.8. The molecule has 0 unspecified atom stereocenters. The number of esters is 1. The topological polar surface area (TPSA) is 52.6 Å². The van der Waals surface area contributed by atoms with Crippen LogP contribution in [0.5, 0.6) is 11.5 Å². The van der Waals surface area contributed by atoms with E-state index < -0.39 is 0 Å². The molecule has 1 aliphatic carbocycles. The van der Waals surface area contributed by atoms with Crippen molar-refractivity contribution in [2.24, 2.45) is 5.92 Å². The Kier molecular flexibility index (Phi) is 5.82. The summed E-state index contributed by atoms with van der Waals surface area (Å²) in [5.74, 6) is 0.827. The van der Waals surface area contributed by atoms with Crippen LogP contribution in [0, 0.1) is 12.8 Å². The fraction of sp³-hybridized carbons (Fsp3) is 0.241. The molecule has 0 atom stereocenters. The van der Waals surface area contributed by atoms with E-state index in [1.807, 2.05) is 49.4 Å². The lowest BCUT2D eigenvalue weighted by molar-refractivity contribution is -0.140. The first-order valence-corrected chi connectivity index (χ1v) is 11.6. The molecule has 5 rings (SSSR count). The maximum Gasteiger partial charge on any atom is 0.314 e. The van der Waals surface area contributed by atoms with Crippen molar-refractivity contribution in [2.75, 3.05) is 0 Å². The number of ether oxygens (including phenoxy) is 2. The van der Waals surface area contributed by atoms with Gasteiger partial charge >= 0.3 is 5.97 Å². The van der Waals surface area contributed by atoms with Crippen LogP contribution in [0.15, 0.2) is 72.5 Å². The number of carbonyl (C=O) groups is 2. The van der Waals surface area contributed by atoms with E-state index in [0.29, 0.717) is 22.6 Å². The van der Waals surface area contributed by atoms with Crippen LogP contribution in [0.1, 0.15) is 53.6 Å². The predicted octanol–water partition coefficient (Wildman–Crippen LogP) is 6.76. The fourth-order valence-electron chi connectivity index (χ4n) is 4.56. The third-order valence-corrected chi connectivity index (χ3v) is 6.50. The molecule has 0 aromatic heterocycles. The van der Waals surface area contributed by atoms with E-state index in [9.17, 15) is 9.59 Å². The van der Waals surface area contributed by atoms with Crippen molar-refractivity contribution >= 4 is 17.8 Å². The summed E-state index contributed by atoms with van der Waals surface area (Å²) in [6, 6.07) is 21.5. The Morgan fingerprint density at radius 2 is 1.61 bits per heavy atom. The number of fused-ring (bicyclic) bond motifs is 1. The molecule has 0 amide bonds. The van der Waals surface area contributed by atoms with Gasteiger partial charge in [-0.3, -0.25) is 9.59 Å². The standard InChI is InChI=1S/C29H26O4/c1-19-25(33-29(31)23-10-6-3-7-11-23)17-16-24-27(30)26(32-28(19)24)18-20-12-14-22(15-13-20)21-8-4-2-5-9-21/h2,4-5,8-9,12-18,23H,3,6-7,10-11H2,1H3/b26-18-. The Morgan fingerprint density at radius 1 is 0.909 bits per heavy atom. The number of hydrogen-bond acceptors (Lipinski definition) is 4. The molecule has 1 aliphatic heterocycles. The van der Waals surface area contributed by atoms with Crippen LogP contribution in [0.4, 0.5) is 0 Å². The molecule has 3 aromatic carbocycles. The highest BCUT2D eigenvalue weighted by Gasteiger charge is 2.31.